The molecule has 0 radical (unpaired) electrons. The molecule has 3 aliphatic rings. The highest BCUT2D eigenvalue weighted by atomic mass is 35.5. The van der Waals surface area contributed by atoms with Crippen LogP contribution in [0.3, 0.4) is 0 Å². The number of benzene rings is 2. The second kappa shape index (κ2) is 18.8. The highest BCUT2D eigenvalue weighted by Crippen LogP contribution is 2.46. The van der Waals surface area contributed by atoms with Gasteiger partial charge in [-0.1, -0.05) is 37.3 Å². The zero-order valence-electron chi connectivity index (χ0n) is 33.9. The summed E-state index contributed by atoms with van der Waals surface area (Å²) in [6.45, 7) is 1.03. The van der Waals surface area contributed by atoms with Crippen molar-refractivity contribution in [2.45, 2.75) is 70.4 Å². The number of aliphatic hydroxyl groups is 1. The van der Waals surface area contributed by atoms with Crippen LogP contribution in [0, 0.1) is 12.7 Å². The van der Waals surface area contributed by atoms with Gasteiger partial charge in [0.2, 0.25) is 29.5 Å². The molecule has 8 N–H and O–H groups in total. The van der Waals surface area contributed by atoms with E-state index in [9.17, 15) is 38.7 Å². The Hall–Kier alpha value is -6.28. The van der Waals surface area contributed by atoms with E-state index in [-0.39, 0.29) is 62.8 Å². The lowest BCUT2D eigenvalue weighted by Crippen LogP contribution is -2.52. The number of carbonyl (C=O) groups is 6. The minimum Gasteiger partial charge on any atom is -0.458 e. The molecule has 18 nitrogen and oxygen atoms in total. The van der Waals surface area contributed by atoms with E-state index in [4.69, 9.17) is 20.2 Å². The van der Waals surface area contributed by atoms with Crippen molar-refractivity contribution in [1.82, 2.24) is 36.1 Å². The van der Waals surface area contributed by atoms with Gasteiger partial charge in [0.15, 0.2) is 5.60 Å². The summed E-state index contributed by atoms with van der Waals surface area (Å²) in [4.78, 5) is 94.4. The van der Waals surface area contributed by atoms with E-state index in [0.717, 1.165) is 11.1 Å². The molecule has 0 spiro atoms. The molecule has 3 atom stereocenters. The molecule has 5 amide bonds. The molecule has 0 saturated carbocycles. The number of pyridine rings is 2. The molecule has 7 rings (SSSR count). The number of hydrogen-bond acceptors (Lipinski definition) is 12. The predicted molar refractivity (Wildman–Crippen MR) is 222 cm³/mol. The fourth-order valence-corrected chi connectivity index (χ4v) is 8.12. The van der Waals surface area contributed by atoms with Crippen LogP contribution in [0.2, 0.25) is 0 Å². The molecule has 328 valence electrons. The van der Waals surface area contributed by atoms with Crippen molar-refractivity contribution in [2.75, 3.05) is 33.0 Å². The maximum Gasteiger partial charge on any atom is 0.343 e. The summed E-state index contributed by atoms with van der Waals surface area (Å²) in [5, 5.41) is 24.8. The van der Waals surface area contributed by atoms with Crippen LogP contribution in [0.1, 0.15) is 64.8 Å². The van der Waals surface area contributed by atoms with Crippen LogP contribution in [-0.4, -0.2) is 89.2 Å². The van der Waals surface area contributed by atoms with Crippen molar-refractivity contribution in [3.05, 3.63) is 97.6 Å². The summed E-state index contributed by atoms with van der Waals surface area (Å²) in [6, 6.07) is 10.1. The topological polar surface area (TPSA) is 262 Å². The van der Waals surface area contributed by atoms with Crippen molar-refractivity contribution < 1.29 is 47.7 Å². The molecule has 2 aromatic heterocycles. The number of aromatic nitrogens is 2. The maximum atomic E-state index is 15.3. The number of cyclic esters (lactones) is 1. The van der Waals surface area contributed by atoms with Crippen LogP contribution in [0.5, 0.6) is 0 Å². The number of carbonyl (C=O) groups excluding carboxylic acids is 6. The number of nitrogens with two attached hydrogens (primary N) is 1. The van der Waals surface area contributed by atoms with Crippen LogP contribution in [-0.2, 0) is 69.8 Å². The first-order valence-corrected chi connectivity index (χ1v) is 19.8. The first kappa shape index (κ1) is 45.3. The maximum absolute atomic E-state index is 15.3. The van der Waals surface area contributed by atoms with Crippen LogP contribution in [0.15, 0.2) is 47.3 Å². The zero-order valence-corrected chi connectivity index (χ0v) is 34.7. The van der Waals surface area contributed by atoms with Crippen LogP contribution >= 0.6 is 12.4 Å². The van der Waals surface area contributed by atoms with Gasteiger partial charge in [0.05, 0.1) is 54.7 Å². The average Bonchev–Trinajstić information content (AvgIpc) is 3.63. The van der Waals surface area contributed by atoms with Gasteiger partial charge in [-0.05, 0) is 54.5 Å². The first-order chi connectivity index (χ1) is 29.2. The van der Waals surface area contributed by atoms with E-state index in [0.29, 0.717) is 51.8 Å². The molecular weight excluding hydrogens is 831 g/mol. The van der Waals surface area contributed by atoms with E-state index >= 15 is 4.39 Å². The number of amides is 5. The molecular formula is C42H46ClFN8O10. The number of rotatable bonds is 15. The third kappa shape index (κ3) is 8.87. The zero-order chi connectivity index (χ0) is 43.6. The van der Waals surface area contributed by atoms with E-state index in [1.54, 1.807) is 50.2 Å². The van der Waals surface area contributed by atoms with Gasteiger partial charge in [0, 0.05) is 29.0 Å². The highest BCUT2D eigenvalue weighted by Gasteiger charge is 2.46. The van der Waals surface area contributed by atoms with Crippen molar-refractivity contribution in [3.8, 4) is 11.4 Å². The highest BCUT2D eigenvalue weighted by molar-refractivity contribution is 5.95. The molecule has 4 heterocycles. The normalized spacial score (nSPS) is 17.3. The van der Waals surface area contributed by atoms with E-state index < -0.39 is 84.3 Å². The van der Waals surface area contributed by atoms with Crippen molar-refractivity contribution >= 4 is 58.8 Å². The second-order valence-corrected chi connectivity index (χ2v) is 15.1. The molecule has 0 bridgehead atoms. The standard InChI is InChI=1S/C42H45FN8O10.ClH/c1-3-42(59)26-12-31-38-24(17-51(31)40(57)25(26)18-61-41(42)58)37-28(10-9-23-21(2)27(43)13-29(50-38)36(23)37)48-35(55)19-60-20-47-33(53)15-46-39(56)30(11-22-7-5-4-6-8-22)49-34(54)16-45-32(52)14-44;/h4-8,12-13,28,30,59H,3,9-11,14-20,44H2,1-2H3,(H,45,52)(H,46,56)(H,47,53)(H,48,55)(H,49,54);1H/t28-,30-,42-;/m0./s1. The Bertz CT molecular complexity index is 2540. The molecule has 0 saturated heterocycles. The molecule has 0 unspecified atom stereocenters. The Labute approximate surface area is 359 Å². The minimum absolute atomic E-state index is 0. The second-order valence-electron chi connectivity index (χ2n) is 15.1. The van der Waals surface area contributed by atoms with Gasteiger partial charge in [-0.15, -0.1) is 12.4 Å². The lowest BCUT2D eigenvalue weighted by Gasteiger charge is -2.31. The molecule has 1 aliphatic carbocycles. The van der Waals surface area contributed by atoms with Crippen molar-refractivity contribution in [2.24, 2.45) is 5.73 Å². The molecule has 0 fully saturated rings. The third-order valence-electron chi connectivity index (χ3n) is 11.3. The van der Waals surface area contributed by atoms with Gasteiger partial charge < -0.3 is 51.5 Å². The van der Waals surface area contributed by atoms with E-state index in [1.807, 2.05) is 0 Å². The molecule has 2 aromatic carbocycles. The Balaban J connectivity index is 0.00000641. The molecule has 62 heavy (non-hydrogen) atoms. The van der Waals surface area contributed by atoms with E-state index in [2.05, 4.69) is 26.6 Å². The number of nitrogens with zero attached hydrogens (tertiary/aromatic N) is 2. The third-order valence-corrected chi connectivity index (χ3v) is 11.3. The number of hydrogen-bond donors (Lipinski definition) is 7. The number of halogens is 2. The minimum atomic E-state index is -2.03. The Kier molecular flexibility index (Phi) is 13.7. The Morgan fingerprint density at radius 3 is 2.48 bits per heavy atom. The number of ether oxygens (including phenoxy) is 2. The van der Waals surface area contributed by atoms with Gasteiger partial charge in [0.25, 0.3) is 5.56 Å². The fraction of sp³-hybridized carbons (Fsp3) is 0.381. The lowest BCUT2D eigenvalue weighted by atomic mass is 9.81. The van der Waals surface area contributed by atoms with E-state index in [1.165, 1.54) is 10.6 Å². The smallest absolute Gasteiger partial charge is 0.343 e. The number of nitrogens with one attached hydrogen (secondary N) is 5. The van der Waals surface area contributed by atoms with Gasteiger partial charge in [0.1, 0.15) is 31.8 Å². The first-order valence-electron chi connectivity index (χ1n) is 19.8. The van der Waals surface area contributed by atoms with Crippen LogP contribution in [0.4, 0.5) is 4.39 Å². The summed E-state index contributed by atoms with van der Waals surface area (Å²) < 4.78 is 27.4. The summed E-state index contributed by atoms with van der Waals surface area (Å²) in [6.07, 6.45) is 0.880. The Morgan fingerprint density at radius 2 is 1.76 bits per heavy atom. The van der Waals surface area contributed by atoms with Crippen LogP contribution in [0.25, 0.3) is 22.3 Å². The van der Waals surface area contributed by atoms with Gasteiger partial charge in [-0.25, -0.2) is 14.2 Å². The van der Waals surface area contributed by atoms with Gasteiger partial charge >= 0.3 is 5.97 Å². The average molecular weight is 877 g/mol. The largest absolute Gasteiger partial charge is 0.458 e. The quantitative estimate of drug-likeness (QED) is 0.0419. The van der Waals surface area contributed by atoms with Gasteiger partial charge in [-0.3, -0.25) is 28.8 Å². The monoisotopic (exact) mass is 876 g/mol. The summed E-state index contributed by atoms with van der Waals surface area (Å²) in [5.41, 5.74) is 7.33. The SMILES string of the molecule is CC[C@@]1(O)C(=O)OCc2c1cc1n(c2=O)Cc2c-1nc1cc(F)c(C)c3c1c2[C@@H](NC(=O)COCNC(=O)CNC(=O)[C@H](Cc1ccccc1)NC(=O)CNC(=O)CN)CC3.Cl. The summed E-state index contributed by atoms with van der Waals surface area (Å²) in [5.74, 6) is -4.30. The summed E-state index contributed by atoms with van der Waals surface area (Å²) in [7, 11) is 0. The number of aryl methyl sites for hydroxylation is 1. The number of esters is 1. The van der Waals surface area contributed by atoms with Crippen LogP contribution < -0.4 is 37.9 Å². The van der Waals surface area contributed by atoms with Gasteiger partial charge in [-0.2, -0.15) is 0 Å². The summed E-state index contributed by atoms with van der Waals surface area (Å²) >= 11 is 0. The Morgan fingerprint density at radius 1 is 1.02 bits per heavy atom. The van der Waals surface area contributed by atoms with Crippen molar-refractivity contribution in [3.63, 3.8) is 0 Å². The molecule has 4 aromatic rings. The number of fused-ring (bicyclic) bond motifs is 5. The molecule has 2 aliphatic heterocycles. The predicted octanol–water partition coefficient (Wildman–Crippen LogP) is 0.0613. The molecule has 20 heteroatoms. The van der Waals surface area contributed by atoms with Crippen molar-refractivity contribution in [1.29, 1.82) is 0 Å². The lowest BCUT2D eigenvalue weighted by molar-refractivity contribution is -0.172. The fourth-order valence-electron chi connectivity index (χ4n) is 8.12.